The van der Waals surface area contributed by atoms with E-state index < -0.39 is 11.9 Å². The molecule has 7 nitrogen and oxygen atoms in total. The van der Waals surface area contributed by atoms with Crippen molar-refractivity contribution < 1.29 is 24.6 Å². The van der Waals surface area contributed by atoms with Crippen molar-refractivity contribution in [3.8, 4) is 5.75 Å². The first-order chi connectivity index (χ1) is 14.6. The first kappa shape index (κ1) is 22.4. The Hall–Kier alpha value is -3.32. The monoisotopic (exact) mass is 442 g/mol. The third-order valence-corrected chi connectivity index (χ3v) is 5.57. The molecule has 1 atom stereocenters. The number of aromatic nitrogens is 1. The molecular weight excluding hydrogens is 420 g/mol. The van der Waals surface area contributed by atoms with Gasteiger partial charge in [-0.2, -0.15) is 0 Å². The number of fused-ring (bicyclic) bond motifs is 1. The SMILES string of the molecule is Cc1ccc(C(=O)n2c(C)c(CC(=O)NCC(C)C(=O)O)c3cc(O)c(Cl)cc32)cc1. The van der Waals surface area contributed by atoms with Crippen LogP contribution in [0.25, 0.3) is 10.9 Å². The predicted octanol–water partition coefficient (Wildman–Crippen LogP) is 3.69. The van der Waals surface area contributed by atoms with Crippen molar-refractivity contribution in [1.29, 1.82) is 0 Å². The van der Waals surface area contributed by atoms with Crippen molar-refractivity contribution in [3.63, 3.8) is 0 Å². The number of carboxylic acids is 1. The topological polar surface area (TPSA) is 109 Å². The van der Waals surface area contributed by atoms with Crippen LogP contribution in [-0.2, 0) is 16.0 Å². The van der Waals surface area contributed by atoms with E-state index in [-0.39, 0.29) is 35.6 Å². The number of halogens is 1. The van der Waals surface area contributed by atoms with Crippen LogP contribution in [0.1, 0.15) is 34.1 Å². The van der Waals surface area contributed by atoms with Gasteiger partial charge in [-0.25, -0.2) is 0 Å². The number of rotatable bonds is 6. The molecule has 3 N–H and O–H groups in total. The third-order valence-electron chi connectivity index (χ3n) is 5.27. The Balaban J connectivity index is 2.04. The van der Waals surface area contributed by atoms with Crippen LogP contribution >= 0.6 is 11.6 Å². The maximum atomic E-state index is 13.3. The summed E-state index contributed by atoms with van der Waals surface area (Å²) in [5, 5.41) is 22.3. The maximum Gasteiger partial charge on any atom is 0.308 e. The summed E-state index contributed by atoms with van der Waals surface area (Å²) in [7, 11) is 0. The maximum absolute atomic E-state index is 13.3. The lowest BCUT2D eigenvalue weighted by Gasteiger charge is -2.10. The Bertz CT molecular complexity index is 1180. The number of nitrogens with zero attached hydrogens (tertiary/aromatic N) is 1. The molecule has 2 aromatic carbocycles. The summed E-state index contributed by atoms with van der Waals surface area (Å²) < 4.78 is 1.48. The molecule has 31 heavy (non-hydrogen) atoms. The van der Waals surface area contributed by atoms with Gasteiger partial charge in [-0.1, -0.05) is 36.2 Å². The first-order valence-electron chi connectivity index (χ1n) is 9.73. The fourth-order valence-corrected chi connectivity index (χ4v) is 3.53. The smallest absolute Gasteiger partial charge is 0.308 e. The van der Waals surface area contributed by atoms with Gasteiger partial charge in [0.25, 0.3) is 5.91 Å². The molecule has 0 aliphatic rings. The van der Waals surface area contributed by atoms with Crippen LogP contribution in [0.15, 0.2) is 36.4 Å². The number of carbonyl (C=O) groups excluding carboxylic acids is 2. The number of amides is 1. The van der Waals surface area contributed by atoms with E-state index in [1.165, 1.54) is 23.6 Å². The lowest BCUT2D eigenvalue weighted by molar-refractivity contribution is -0.141. The number of carboxylic acid groups (broad SMARTS) is 1. The lowest BCUT2D eigenvalue weighted by atomic mass is 10.1. The number of aliphatic carboxylic acids is 1. The van der Waals surface area contributed by atoms with Crippen LogP contribution in [0, 0.1) is 19.8 Å². The van der Waals surface area contributed by atoms with Gasteiger partial charge in [-0.3, -0.25) is 19.0 Å². The molecule has 8 heteroatoms. The summed E-state index contributed by atoms with van der Waals surface area (Å²) in [6.45, 7) is 5.14. The summed E-state index contributed by atoms with van der Waals surface area (Å²) in [5.41, 5.74) is 3.08. The quantitative estimate of drug-likeness (QED) is 0.539. The fraction of sp³-hybridized carbons (Fsp3) is 0.261. The van der Waals surface area contributed by atoms with E-state index in [9.17, 15) is 19.5 Å². The second-order valence-corrected chi connectivity index (χ2v) is 8.02. The standard InChI is InChI=1S/C23H23ClN2O5/c1-12-4-6-15(7-5-12)22(29)26-14(3)16(9-21(28)25-11-13(2)23(30)31)17-8-20(27)18(24)10-19(17)26/h4-8,10,13,27H,9,11H2,1-3H3,(H,25,28)(H,30,31). The molecule has 0 saturated carbocycles. The molecule has 0 radical (unpaired) electrons. The van der Waals surface area contributed by atoms with Crippen molar-refractivity contribution in [2.45, 2.75) is 27.2 Å². The Morgan fingerprint density at radius 2 is 1.77 bits per heavy atom. The Morgan fingerprint density at radius 3 is 2.39 bits per heavy atom. The van der Waals surface area contributed by atoms with Gasteiger partial charge in [0.05, 0.1) is 22.9 Å². The molecule has 0 bridgehead atoms. The van der Waals surface area contributed by atoms with Crippen LogP contribution in [-0.4, -0.2) is 39.1 Å². The molecule has 1 aromatic heterocycles. The molecule has 0 aliphatic carbocycles. The number of aromatic hydroxyl groups is 1. The zero-order chi connectivity index (χ0) is 22.9. The largest absolute Gasteiger partial charge is 0.506 e. The minimum atomic E-state index is -1.00. The molecule has 1 amide bonds. The molecule has 0 aliphatic heterocycles. The van der Waals surface area contributed by atoms with Crippen LogP contribution in [0.5, 0.6) is 5.75 Å². The van der Waals surface area contributed by atoms with Crippen LogP contribution in [0.2, 0.25) is 5.02 Å². The van der Waals surface area contributed by atoms with Gasteiger partial charge in [-0.15, -0.1) is 0 Å². The average molecular weight is 443 g/mol. The number of nitrogens with one attached hydrogen (secondary N) is 1. The minimum absolute atomic E-state index is 0.00870. The van der Waals surface area contributed by atoms with Gasteiger partial charge in [0.15, 0.2) is 0 Å². The van der Waals surface area contributed by atoms with Crippen molar-refractivity contribution in [3.05, 3.63) is 63.8 Å². The molecular formula is C23H23ClN2O5. The Labute approximate surface area is 184 Å². The highest BCUT2D eigenvalue weighted by Crippen LogP contribution is 2.35. The molecule has 162 valence electrons. The van der Waals surface area contributed by atoms with E-state index >= 15 is 0 Å². The minimum Gasteiger partial charge on any atom is -0.506 e. The molecule has 3 aromatic rings. The third kappa shape index (κ3) is 4.56. The second kappa shape index (κ2) is 8.81. The number of hydrogen-bond donors (Lipinski definition) is 3. The van der Waals surface area contributed by atoms with E-state index in [4.69, 9.17) is 16.7 Å². The predicted molar refractivity (Wildman–Crippen MR) is 118 cm³/mol. The molecule has 0 saturated heterocycles. The Morgan fingerprint density at radius 1 is 1.13 bits per heavy atom. The first-order valence-corrected chi connectivity index (χ1v) is 10.1. The van der Waals surface area contributed by atoms with E-state index in [0.717, 1.165) is 5.56 Å². The fourth-order valence-electron chi connectivity index (χ4n) is 3.38. The lowest BCUT2D eigenvalue weighted by Crippen LogP contribution is -2.32. The zero-order valence-electron chi connectivity index (χ0n) is 17.4. The number of hydrogen-bond acceptors (Lipinski definition) is 4. The van der Waals surface area contributed by atoms with Gasteiger partial charge < -0.3 is 15.5 Å². The number of benzene rings is 2. The molecule has 1 heterocycles. The molecule has 0 fully saturated rings. The average Bonchev–Trinajstić information content (AvgIpc) is 2.97. The highest BCUT2D eigenvalue weighted by atomic mass is 35.5. The van der Waals surface area contributed by atoms with E-state index in [1.807, 2.05) is 19.1 Å². The van der Waals surface area contributed by atoms with E-state index in [1.54, 1.807) is 19.1 Å². The van der Waals surface area contributed by atoms with E-state index in [0.29, 0.717) is 27.7 Å². The van der Waals surface area contributed by atoms with Gasteiger partial charge in [0.2, 0.25) is 5.91 Å². The van der Waals surface area contributed by atoms with Crippen molar-refractivity contribution >= 4 is 40.3 Å². The van der Waals surface area contributed by atoms with Crippen LogP contribution in [0.4, 0.5) is 0 Å². The van der Waals surface area contributed by atoms with E-state index in [2.05, 4.69) is 5.32 Å². The number of aryl methyl sites for hydroxylation is 1. The van der Waals surface area contributed by atoms with Crippen molar-refractivity contribution in [2.24, 2.45) is 5.92 Å². The van der Waals surface area contributed by atoms with Gasteiger partial charge >= 0.3 is 5.97 Å². The normalized spacial score (nSPS) is 12.0. The van der Waals surface area contributed by atoms with Gasteiger partial charge in [0, 0.05) is 23.2 Å². The van der Waals surface area contributed by atoms with Crippen LogP contribution < -0.4 is 5.32 Å². The van der Waals surface area contributed by atoms with Crippen molar-refractivity contribution in [2.75, 3.05) is 6.54 Å². The van der Waals surface area contributed by atoms with Gasteiger partial charge in [-0.05, 0) is 43.7 Å². The summed E-state index contributed by atoms with van der Waals surface area (Å²) in [5.74, 6) is -2.55. The second-order valence-electron chi connectivity index (χ2n) is 7.61. The number of phenolic OH excluding ortho intramolecular Hbond substituents is 1. The number of carbonyl (C=O) groups is 3. The van der Waals surface area contributed by atoms with Crippen molar-refractivity contribution in [1.82, 2.24) is 9.88 Å². The number of phenols is 1. The van der Waals surface area contributed by atoms with Gasteiger partial charge in [0.1, 0.15) is 5.75 Å². The summed E-state index contributed by atoms with van der Waals surface area (Å²) in [6.07, 6.45) is -0.0794. The molecule has 0 spiro atoms. The molecule has 3 rings (SSSR count). The van der Waals surface area contributed by atoms with Crippen LogP contribution in [0.3, 0.4) is 0 Å². The Kier molecular flexibility index (Phi) is 6.36. The highest BCUT2D eigenvalue weighted by molar-refractivity contribution is 6.33. The summed E-state index contributed by atoms with van der Waals surface area (Å²) in [6, 6.07) is 10.1. The molecule has 1 unspecified atom stereocenters. The highest BCUT2D eigenvalue weighted by Gasteiger charge is 2.23. The summed E-state index contributed by atoms with van der Waals surface area (Å²) in [4.78, 5) is 36.7. The summed E-state index contributed by atoms with van der Waals surface area (Å²) >= 11 is 6.10. The zero-order valence-corrected chi connectivity index (χ0v) is 18.2.